The van der Waals surface area contributed by atoms with E-state index in [-0.39, 0.29) is 29.9 Å². The zero-order valence-corrected chi connectivity index (χ0v) is 20.5. The Morgan fingerprint density at radius 1 is 1.00 bits per heavy atom. The highest BCUT2D eigenvalue weighted by Gasteiger charge is 2.04. The average molecular weight is 523 g/mol. The molecule has 7 heteroatoms. The third-order valence-electron chi connectivity index (χ3n) is 4.76. The number of guanidine groups is 1. The number of unbranched alkanes of at least 4 members (excludes halogenated alkanes) is 1. The highest BCUT2D eigenvalue weighted by molar-refractivity contribution is 14.0. The molecule has 164 valence electrons. The maximum absolute atomic E-state index is 11.7. The topological polar surface area (TPSA) is 68.8 Å². The van der Waals surface area contributed by atoms with Gasteiger partial charge in [0.1, 0.15) is 0 Å². The van der Waals surface area contributed by atoms with Crippen LogP contribution in [0.1, 0.15) is 28.8 Å². The smallest absolute Gasteiger partial charge is 0.251 e. The van der Waals surface area contributed by atoms with Gasteiger partial charge < -0.3 is 20.9 Å². The molecule has 0 aliphatic carbocycles. The molecule has 0 aromatic heterocycles. The zero-order chi connectivity index (χ0) is 20.9. The van der Waals surface area contributed by atoms with E-state index in [1.165, 1.54) is 5.69 Å². The third kappa shape index (κ3) is 9.02. The number of carbonyl (C=O) groups excluding carboxylic acids is 1. The summed E-state index contributed by atoms with van der Waals surface area (Å²) < 4.78 is 0. The number of para-hydroxylation sites is 1. The van der Waals surface area contributed by atoms with Gasteiger partial charge in [-0.1, -0.05) is 30.3 Å². The van der Waals surface area contributed by atoms with Crippen LogP contribution in [0.5, 0.6) is 0 Å². The minimum absolute atomic E-state index is 0. The largest absolute Gasteiger partial charge is 0.375 e. The first-order valence-corrected chi connectivity index (χ1v) is 10.2. The van der Waals surface area contributed by atoms with Gasteiger partial charge in [0.2, 0.25) is 0 Å². The fraction of sp³-hybridized carbons (Fsp3) is 0.391. The number of amides is 1. The molecular weight excluding hydrogens is 489 g/mol. The van der Waals surface area contributed by atoms with Crippen LogP contribution in [0.25, 0.3) is 0 Å². The number of anilines is 1. The minimum Gasteiger partial charge on any atom is -0.375 e. The van der Waals surface area contributed by atoms with E-state index in [0.29, 0.717) is 5.56 Å². The molecule has 2 aromatic carbocycles. The summed E-state index contributed by atoms with van der Waals surface area (Å²) in [6.45, 7) is 2.67. The summed E-state index contributed by atoms with van der Waals surface area (Å²) in [4.78, 5) is 18.3. The Bertz CT molecular complexity index is 782. The van der Waals surface area contributed by atoms with Crippen molar-refractivity contribution < 1.29 is 4.79 Å². The van der Waals surface area contributed by atoms with Crippen molar-refractivity contribution >= 4 is 41.5 Å². The SMILES string of the molecule is CN=C(NCCCCN(C)c1ccccc1)NCCc1cccc(C(=O)NC)c1.I. The fourth-order valence-electron chi connectivity index (χ4n) is 3.05. The van der Waals surface area contributed by atoms with Gasteiger partial charge in [0.15, 0.2) is 5.96 Å². The number of benzene rings is 2. The number of rotatable bonds is 10. The highest BCUT2D eigenvalue weighted by atomic mass is 127. The lowest BCUT2D eigenvalue weighted by atomic mass is 10.1. The molecule has 0 saturated heterocycles. The predicted molar refractivity (Wildman–Crippen MR) is 137 cm³/mol. The standard InChI is InChI=1S/C23H33N5O.HI/c1-24-22(29)20-11-9-10-19(18-20)14-16-27-23(25-2)26-15-7-8-17-28(3)21-12-5-4-6-13-21;/h4-6,9-13,18H,7-8,14-17H2,1-3H3,(H,24,29)(H2,25,26,27);1H. The summed E-state index contributed by atoms with van der Waals surface area (Å²) in [6.07, 6.45) is 3.02. The molecule has 0 bridgehead atoms. The molecule has 30 heavy (non-hydrogen) atoms. The van der Waals surface area contributed by atoms with E-state index in [0.717, 1.165) is 50.4 Å². The average Bonchev–Trinajstić information content (AvgIpc) is 2.77. The van der Waals surface area contributed by atoms with Gasteiger partial charge in [0.05, 0.1) is 0 Å². The summed E-state index contributed by atoms with van der Waals surface area (Å²) >= 11 is 0. The molecule has 0 saturated carbocycles. The molecule has 0 radical (unpaired) electrons. The molecule has 2 rings (SSSR count). The van der Waals surface area contributed by atoms with Crippen molar-refractivity contribution in [3.8, 4) is 0 Å². The number of aliphatic imine (C=N–C) groups is 1. The molecule has 1 amide bonds. The minimum atomic E-state index is -0.0600. The van der Waals surface area contributed by atoms with Gasteiger partial charge in [-0.25, -0.2) is 0 Å². The number of nitrogens with one attached hydrogen (secondary N) is 3. The van der Waals surface area contributed by atoms with Crippen LogP contribution >= 0.6 is 24.0 Å². The summed E-state index contributed by atoms with van der Waals surface area (Å²) in [5, 5.41) is 9.35. The van der Waals surface area contributed by atoms with Gasteiger partial charge in [-0.2, -0.15) is 0 Å². The first kappa shape index (κ1) is 25.7. The van der Waals surface area contributed by atoms with E-state index in [9.17, 15) is 4.79 Å². The van der Waals surface area contributed by atoms with Gasteiger partial charge in [0.25, 0.3) is 5.91 Å². The third-order valence-corrected chi connectivity index (χ3v) is 4.76. The molecule has 0 aliphatic heterocycles. The van der Waals surface area contributed by atoms with Gasteiger partial charge in [-0.05, 0) is 49.1 Å². The second-order valence-corrected chi connectivity index (χ2v) is 6.92. The van der Waals surface area contributed by atoms with Crippen LogP contribution < -0.4 is 20.9 Å². The van der Waals surface area contributed by atoms with Crippen molar-refractivity contribution in [2.45, 2.75) is 19.3 Å². The Labute approximate surface area is 197 Å². The Morgan fingerprint density at radius 3 is 2.43 bits per heavy atom. The monoisotopic (exact) mass is 523 g/mol. The number of nitrogens with zero attached hydrogens (tertiary/aromatic N) is 2. The Morgan fingerprint density at radius 2 is 1.73 bits per heavy atom. The lowest BCUT2D eigenvalue weighted by Gasteiger charge is -2.19. The quantitative estimate of drug-likeness (QED) is 0.194. The van der Waals surface area contributed by atoms with Gasteiger partial charge in [0, 0.05) is 52.0 Å². The van der Waals surface area contributed by atoms with Crippen molar-refractivity contribution in [1.82, 2.24) is 16.0 Å². The van der Waals surface area contributed by atoms with Gasteiger partial charge >= 0.3 is 0 Å². The normalized spacial score (nSPS) is 10.7. The number of hydrogen-bond acceptors (Lipinski definition) is 3. The van der Waals surface area contributed by atoms with Gasteiger partial charge in [-0.3, -0.25) is 9.79 Å². The Hall–Kier alpha value is -2.29. The van der Waals surface area contributed by atoms with E-state index in [1.807, 2.05) is 30.3 Å². The van der Waals surface area contributed by atoms with Crippen LogP contribution in [0.3, 0.4) is 0 Å². The van der Waals surface area contributed by atoms with E-state index in [4.69, 9.17) is 0 Å². The molecule has 0 heterocycles. The van der Waals surface area contributed by atoms with Crippen LogP contribution in [-0.4, -0.2) is 52.6 Å². The zero-order valence-electron chi connectivity index (χ0n) is 18.1. The van der Waals surface area contributed by atoms with Crippen molar-refractivity contribution in [2.75, 3.05) is 45.7 Å². The van der Waals surface area contributed by atoms with E-state index in [1.54, 1.807) is 14.1 Å². The number of halogens is 1. The molecule has 0 unspecified atom stereocenters. The van der Waals surface area contributed by atoms with Crippen molar-refractivity contribution in [3.63, 3.8) is 0 Å². The van der Waals surface area contributed by atoms with Crippen LogP contribution in [0, 0.1) is 0 Å². The summed E-state index contributed by atoms with van der Waals surface area (Å²) in [7, 11) is 5.55. The fourth-order valence-corrected chi connectivity index (χ4v) is 3.05. The molecule has 0 aliphatic rings. The van der Waals surface area contributed by atoms with Crippen molar-refractivity contribution in [1.29, 1.82) is 0 Å². The molecule has 0 atom stereocenters. The van der Waals surface area contributed by atoms with Crippen LogP contribution in [0.4, 0.5) is 5.69 Å². The summed E-state index contributed by atoms with van der Waals surface area (Å²) in [5.74, 6) is 0.749. The van der Waals surface area contributed by atoms with E-state index in [2.05, 4.69) is 57.2 Å². The van der Waals surface area contributed by atoms with Crippen LogP contribution in [-0.2, 0) is 6.42 Å². The highest BCUT2D eigenvalue weighted by Crippen LogP contribution is 2.11. The number of hydrogen-bond donors (Lipinski definition) is 3. The second-order valence-electron chi connectivity index (χ2n) is 6.92. The predicted octanol–water partition coefficient (Wildman–Crippen LogP) is 3.29. The maximum Gasteiger partial charge on any atom is 0.251 e. The lowest BCUT2D eigenvalue weighted by molar-refractivity contribution is 0.0963. The van der Waals surface area contributed by atoms with Crippen molar-refractivity contribution in [2.24, 2.45) is 4.99 Å². The summed E-state index contributed by atoms with van der Waals surface area (Å²) in [5.41, 5.74) is 3.06. The van der Waals surface area contributed by atoms with Crippen LogP contribution in [0.2, 0.25) is 0 Å². The first-order valence-electron chi connectivity index (χ1n) is 10.2. The maximum atomic E-state index is 11.7. The molecule has 2 aromatic rings. The summed E-state index contributed by atoms with van der Waals surface area (Å²) in [6, 6.07) is 18.1. The van der Waals surface area contributed by atoms with Gasteiger partial charge in [-0.15, -0.1) is 24.0 Å². The van der Waals surface area contributed by atoms with Crippen molar-refractivity contribution in [3.05, 3.63) is 65.7 Å². The van der Waals surface area contributed by atoms with E-state index >= 15 is 0 Å². The lowest BCUT2D eigenvalue weighted by Crippen LogP contribution is -2.38. The second kappa shape index (κ2) is 14.7. The molecule has 0 spiro atoms. The van der Waals surface area contributed by atoms with Crippen LogP contribution in [0.15, 0.2) is 59.6 Å². The molecular formula is C23H34IN5O. The molecule has 0 fully saturated rings. The number of carbonyl (C=O) groups is 1. The Balaban J connectivity index is 0.00000450. The first-order chi connectivity index (χ1) is 14.1. The molecule has 6 nitrogen and oxygen atoms in total. The molecule has 3 N–H and O–H groups in total. The Kier molecular flexibility index (Phi) is 12.6. The van der Waals surface area contributed by atoms with E-state index < -0.39 is 0 Å².